The van der Waals surface area contributed by atoms with Crippen LogP contribution in [0.15, 0.2) is 35.4 Å². The summed E-state index contributed by atoms with van der Waals surface area (Å²) in [7, 11) is 0. The largest absolute Gasteiger partial charge is 0.438 e. The van der Waals surface area contributed by atoms with Gasteiger partial charge in [-0.2, -0.15) is 23.3 Å². The second-order valence-corrected chi connectivity index (χ2v) is 6.31. The number of carbonyl (C=O) groups is 1. The molecule has 0 radical (unpaired) electrons. The van der Waals surface area contributed by atoms with Crippen LogP contribution in [0.5, 0.6) is 0 Å². The molecule has 25 heavy (non-hydrogen) atoms. The molecule has 0 aromatic heterocycles. The number of hydrogen-bond acceptors (Lipinski definition) is 3. The number of aryl methyl sites for hydroxylation is 1. The molecule has 4 nitrogen and oxygen atoms in total. The van der Waals surface area contributed by atoms with Crippen molar-refractivity contribution in [3.05, 3.63) is 35.9 Å². The maximum absolute atomic E-state index is 13.4. The Kier molecular flexibility index (Phi) is 6.21. The molecule has 0 aliphatic carbocycles. The van der Waals surface area contributed by atoms with Gasteiger partial charge in [-0.05, 0) is 24.8 Å². The fourth-order valence-corrected chi connectivity index (χ4v) is 2.82. The molecule has 0 fully saturated rings. The van der Waals surface area contributed by atoms with Gasteiger partial charge in [-0.3, -0.25) is 4.79 Å². The van der Waals surface area contributed by atoms with Crippen molar-refractivity contribution in [1.82, 2.24) is 5.01 Å². The number of hydrazone groups is 1. The number of rotatable bonds is 7. The zero-order chi connectivity index (χ0) is 18.5. The molecule has 1 heterocycles. The molecule has 0 spiro atoms. The summed E-state index contributed by atoms with van der Waals surface area (Å²) < 4.78 is 40.1. The highest BCUT2D eigenvalue weighted by atomic mass is 19.4. The molecule has 0 saturated heterocycles. The van der Waals surface area contributed by atoms with Gasteiger partial charge >= 0.3 is 6.18 Å². The van der Waals surface area contributed by atoms with Gasteiger partial charge in [0.2, 0.25) is 5.91 Å². The van der Waals surface area contributed by atoms with Crippen molar-refractivity contribution in [3.8, 4) is 0 Å². The Balaban J connectivity index is 2.10. The van der Waals surface area contributed by atoms with Crippen molar-refractivity contribution < 1.29 is 23.1 Å². The summed E-state index contributed by atoms with van der Waals surface area (Å²) >= 11 is 0. The Bertz CT molecular complexity index is 616. The SMILES string of the molecule is CCCCCC1=NN(C(=O)CCc2ccccc2)[C@@](O)(C(F)(F)F)C1. The molecular weight excluding hydrogens is 333 g/mol. The Morgan fingerprint density at radius 3 is 2.52 bits per heavy atom. The van der Waals surface area contributed by atoms with Crippen molar-refractivity contribution in [3.63, 3.8) is 0 Å². The van der Waals surface area contributed by atoms with Crippen LogP contribution in [-0.2, 0) is 11.2 Å². The third-order valence-electron chi connectivity index (χ3n) is 4.27. The quantitative estimate of drug-likeness (QED) is 0.750. The molecule has 0 saturated carbocycles. The lowest BCUT2D eigenvalue weighted by atomic mass is 10.0. The third kappa shape index (κ3) is 4.60. The second-order valence-electron chi connectivity index (χ2n) is 6.31. The van der Waals surface area contributed by atoms with E-state index in [2.05, 4.69) is 5.10 Å². The lowest BCUT2D eigenvalue weighted by Gasteiger charge is -2.32. The van der Waals surface area contributed by atoms with Crippen LogP contribution in [0.4, 0.5) is 13.2 Å². The van der Waals surface area contributed by atoms with Gasteiger partial charge in [0.1, 0.15) is 0 Å². The number of alkyl halides is 3. The molecule has 1 aliphatic heterocycles. The van der Waals surface area contributed by atoms with Gasteiger partial charge in [0.05, 0.1) is 0 Å². The maximum atomic E-state index is 13.4. The van der Waals surface area contributed by atoms with Gasteiger partial charge < -0.3 is 5.11 Å². The summed E-state index contributed by atoms with van der Waals surface area (Å²) in [4.78, 5) is 12.3. The minimum absolute atomic E-state index is 0.145. The van der Waals surface area contributed by atoms with E-state index in [9.17, 15) is 23.1 Å². The summed E-state index contributed by atoms with van der Waals surface area (Å²) in [6.07, 6.45) is -2.63. The minimum Gasteiger partial charge on any atom is -0.362 e. The first-order chi connectivity index (χ1) is 11.8. The van der Waals surface area contributed by atoms with Crippen molar-refractivity contribution >= 4 is 11.6 Å². The van der Waals surface area contributed by atoms with Crippen molar-refractivity contribution in [2.24, 2.45) is 5.10 Å². The molecule has 1 aromatic carbocycles. The number of hydrogen-bond donors (Lipinski definition) is 1. The van der Waals surface area contributed by atoms with Crippen molar-refractivity contribution in [1.29, 1.82) is 0 Å². The first kappa shape index (κ1) is 19.4. The van der Waals surface area contributed by atoms with E-state index < -0.39 is 24.2 Å². The summed E-state index contributed by atoms with van der Waals surface area (Å²) in [5.41, 5.74) is -2.17. The van der Waals surface area contributed by atoms with Gasteiger partial charge in [-0.25, -0.2) is 0 Å². The average molecular weight is 356 g/mol. The van der Waals surface area contributed by atoms with E-state index in [0.29, 0.717) is 19.3 Å². The minimum atomic E-state index is -4.95. The molecular formula is C18H23F3N2O2. The smallest absolute Gasteiger partial charge is 0.362 e. The Hall–Kier alpha value is -1.89. The van der Waals surface area contributed by atoms with Gasteiger partial charge in [0, 0.05) is 18.6 Å². The zero-order valence-electron chi connectivity index (χ0n) is 14.2. The predicted molar refractivity (Wildman–Crippen MR) is 88.8 cm³/mol. The van der Waals surface area contributed by atoms with Crippen molar-refractivity contribution in [2.75, 3.05) is 0 Å². The van der Waals surface area contributed by atoms with E-state index in [1.165, 1.54) is 0 Å². The van der Waals surface area contributed by atoms with Crippen LogP contribution in [0.1, 0.15) is 51.0 Å². The highest BCUT2D eigenvalue weighted by molar-refractivity contribution is 5.90. The second kappa shape index (κ2) is 7.99. The Labute approximate surface area is 145 Å². The summed E-state index contributed by atoms with van der Waals surface area (Å²) in [6.45, 7) is 1.99. The number of unbranched alkanes of at least 4 members (excludes halogenated alkanes) is 2. The third-order valence-corrected chi connectivity index (χ3v) is 4.27. The van der Waals surface area contributed by atoms with Crippen molar-refractivity contribution in [2.45, 2.75) is 63.8 Å². The molecule has 1 amide bonds. The first-order valence-corrected chi connectivity index (χ1v) is 8.50. The van der Waals surface area contributed by atoms with E-state index in [0.717, 1.165) is 18.4 Å². The Morgan fingerprint density at radius 1 is 1.24 bits per heavy atom. The standard InChI is InChI=1S/C18H23F3N2O2/c1-2-3-5-10-15-13-17(25,18(19,20)21)23(22-15)16(24)12-11-14-8-6-4-7-9-14/h4,6-9,25H,2-3,5,10-13H2,1H3/t17-/m0/s1. The van der Waals surface area contributed by atoms with E-state index >= 15 is 0 Å². The molecule has 2 rings (SSSR count). The van der Waals surface area contributed by atoms with Gasteiger partial charge in [0.15, 0.2) is 0 Å². The molecule has 1 aromatic rings. The number of benzene rings is 1. The molecule has 1 aliphatic rings. The fourth-order valence-electron chi connectivity index (χ4n) is 2.82. The zero-order valence-corrected chi connectivity index (χ0v) is 14.2. The van der Waals surface area contributed by atoms with Crippen LogP contribution in [0.25, 0.3) is 0 Å². The van der Waals surface area contributed by atoms with E-state index in [4.69, 9.17) is 0 Å². The summed E-state index contributed by atoms with van der Waals surface area (Å²) in [5.74, 6) is -0.825. The fraction of sp³-hybridized carbons (Fsp3) is 0.556. The Morgan fingerprint density at radius 2 is 1.92 bits per heavy atom. The number of halogens is 3. The molecule has 1 N–H and O–H groups in total. The van der Waals surface area contributed by atoms with Crippen LogP contribution in [0, 0.1) is 0 Å². The highest BCUT2D eigenvalue weighted by Gasteiger charge is 2.62. The monoisotopic (exact) mass is 356 g/mol. The molecule has 7 heteroatoms. The van der Waals surface area contributed by atoms with Gasteiger partial charge in [-0.1, -0.05) is 50.1 Å². The molecule has 1 atom stereocenters. The lowest BCUT2D eigenvalue weighted by Crippen LogP contribution is -2.56. The van der Waals surface area contributed by atoms with Gasteiger partial charge in [0.25, 0.3) is 5.72 Å². The van der Waals surface area contributed by atoms with Gasteiger partial charge in [-0.15, -0.1) is 0 Å². The maximum Gasteiger partial charge on any atom is 0.438 e. The predicted octanol–water partition coefficient (Wildman–Crippen LogP) is 4.04. The number of nitrogens with zero attached hydrogens (tertiary/aromatic N) is 2. The topological polar surface area (TPSA) is 52.9 Å². The summed E-state index contributed by atoms with van der Waals surface area (Å²) in [6, 6.07) is 9.01. The number of amides is 1. The van der Waals surface area contributed by atoms with Crippen LogP contribution in [0.2, 0.25) is 0 Å². The van der Waals surface area contributed by atoms with E-state index in [-0.39, 0.29) is 17.1 Å². The highest BCUT2D eigenvalue weighted by Crippen LogP contribution is 2.41. The number of aliphatic hydroxyl groups is 1. The lowest BCUT2D eigenvalue weighted by molar-refractivity contribution is -0.302. The van der Waals surface area contributed by atoms with Crippen LogP contribution in [-0.4, -0.2) is 33.6 Å². The van der Waals surface area contributed by atoms with E-state index in [1.54, 1.807) is 24.3 Å². The first-order valence-electron chi connectivity index (χ1n) is 8.50. The summed E-state index contributed by atoms with van der Waals surface area (Å²) in [5, 5.41) is 14.2. The molecule has 0 unspecified atom stereocenters. The van der Waals surface area contributed by atoms with Crippen LogP contribution >= 0.6 is 0 Å². The number of carbonyl (C=O) groups excluding carboxylic acids is 1. The molecule has 0 bridgehead atoms. The van der Waals surface area contributed by atoms with Crippen LogP contribution in [0.3, 0.4) is 0 Å². The molecule has 138 valence electrons. The average Bonchev–Trinajstić information content (AvgIpc) is 2.92. The normalized spacial score (nSPS) is 20.7. The van der Waals surface area contributed by atoms with E-state index in [1.807, 2.05) is 13.0 Å². The van der Waals surface area contributed by atoms with Crippen LogP contribution < -0.4 is 0 Å².